The second kappa shape index (κ2) is 4.47. The van der Waals surface area contributed by atoms with Crippen molar-refractivity contribution in [3.05, 3.63) is 22.4 Å². The van der Waals surface area contributed by atoms with Gasteiger partial charge in [-0.3, -0.25) is 0 Å². The van der Waals surface area contributed by atoms with Crippen LogP contribution >= 0.6 is 11.3 Å². The average molecular weight is 237 g/mol. The molecule has 88 valence electrons. The van der Waals surface area contributed by atoms with Crippen LogP contribution in [-0.4, -0.2) is 18.8 Å². The predicted octanol–water partition coefficient (Wildman–Crippen LogP) is 3.11. The third-order valence-corrected chi connectivity index (χ3v) is 4.64. The summed E-state index contributed by atoms with van der Waals surface area (Å²) in [6.45, 7) is 1.86. The van der Waals surface area contributed by atoms with Gasteiger partial charge in [0.15, 0.2) is 0 Å². The fraction of sp³-hybridized carbons (Fsp3) is 0.692. The summed E-state index contributed by atoms with van der Waals surface area (Å²) in [5.74, 6) is 0. The van der Waals surface area contributed by atoms with Crippen molar-refractivity contribution in [3.63, 3.8) is 0 Å². The van der Waals surface area contributed by atoms with Gasteiger partial charge < -0.3 is 10.1 Å². The van der Waals surface area contributed by atoms with Crippen LogP contribution < -0.4 is 5.32 Å². The van der Waals surface area contributed by atoms with Gasteiger partial charge in [-0.25, -0.2) is 0 Å². The van der Waals surface area contributed by atoms with Crippen LogP contribution in [0.5, 0.6) is 0 Å². The zero-order valence-electron chi connectivity index (χ0n) is 9.58. The minimum absolute atomic E-state index is 0.0948. The van der Waals surface area contributed by atoms with E-state index in [0.717, 1.165) is 13.2 Å². The molecule has 2 fully saturated rings. The highest BCUT2D eigenvalue weighted by Gasteiger charge is 2.43. The average Bonchev–Trinajstić information content (AvgIpc) is 2.84. The normalized spacial score (nSPS) is 29.4. The van der Waals surface area contributed by atoms with Gasteiger partial charge in [0.2, 0.25) is 0 Å². The zero-order valence-corrected chi connectivity index (χ0v) is 10.4. The predicted molar refractivity (Wildman–Crippen MR) is 66.8 cm³/mol. The van der Waals surface area contributed by atoms with Crippen LogP contribution in [0.25, 0.3) is 0 Å². The first-order valence-corrected chi connectivity index (χ1v) is 7.24. The molecule has 1 saturated heterocycles. The largest absolute Gasteiger partial charge is 0.372 e. The van der Waals surface area contributed by atoms with Crippen molar-refractivity contribution >= 4 is 11.3 Å². The number of hydrogen-bond acceptors (Lipinski definition) is 3. The molecule has 2 nitrogen and oxygen atoms in total. The molecule has 0 aromatic carbocycles. The molecule has 1 aromatic rings. The van der Waals surface area contributed by atoms with E-state index in [1.165, 1.54) is 37.7 Å². The summed E-state index contributed by atoms with van der Waals surface area (Å²) in [5, 5.41) is 8.10. The van der Waals surface area contributed by atoms with Crippen LogP contribution in [0.15, 0.2) is 16.8 Å². The third-order valence-electron chi connectivity index (χ3n) is 3.94. The van der Waals surface area contributed by atoms with E-state index in [1.807, 2.05) is 0 Å². The van der Waals surface area contributed by atoms with Crippen molar-refractivity contribution < 1.29 is 4.74 Å². The number of ether oxygens (including phenoxy) is 1. The second-order valence-corrected chi connectivity index (χ2v) is 5.70. The van der Waals surface area contributed by atoms with Crippen molar-refractivity contribution in [2.45, 2.75) is 43.7 Å². The molecule has 0 amide bonds. The van der Waals surface area contributed by atoms with E-state index in [2.05, 4.69) is 22.1 Å². The van der Waals surface area contributed by atoms with E-state index >= 15 is 0 Å². The Balaban J connectivity index is 1.88. The smallest absolute Gasteiger partial charge is 0.0877 e. The molecule has 1 unspecified atom stereocenters. The van der Waals surface area contributed by atoms with E-state index in [9.17, 15) is 0 Å². The van der Waals surface area contributed by atoms with Crippen LogP contribution in [0.1, 0.15) is 43.7 Å². The Morgan fingerprint density at radius 2 is 2.19 bits per heavy atom. The lowest BCUT2D eigenvalue weighted by atomic mass is 9.76. The Kier molecular flexibility index (Phi) is 3.01. The van der Waals surface area contributed by atoms with Gasteiger partial charge in [0.25, 0.3) is 0 Å². The summed E-state index contributed by atoms with van der Waals surface area (Å²) < 4.78 is 6.18. The van der Waals surface area contributed by atoms with E-state index in [1.54, 1.807) is 11.3 Å². The molecule has 0 bridgehead atoms. The van der Waals surface area contributed by atoms with Gasteiger partial charge >= 0.3 is 0 Å². The van der Waals surface area contributed by atoms with Crippen molar-refractivity contribution in [1.29, 1.82) is 0 Å². The molecule has 3 rings (SSSR count). The zero-order chi connectivity index (χ0) is 10.8. The van der Waals surface area contributed by atoms with Gasteiger partial charge in [0, 0.05) is 6.54 Å². The molecule has 1 aromatic heterocycles. The monoisotopic (exact) mass is 237 g/mol. The molecule has 1 spiro atoms. The maximum atomic E-state index is 6.18. The lowest BCUT2D eigenvalue weighted by Crippen LogP contribution is -2.53. The SMILES string of the molecule is c1cc(C2NCCOC23CCCCC3)cs1. The lowest BCUT2D eigenvalue weighted by molar-refractivity contribution is -0.119. The van der Waals surface area contributed by atoms with Gasteiger partial charge in [-0.15, -0.1) is 0 Å². The first-order valence-electron chi connectivity index (χ1n) is 6.30. The fourth-order valence-electron chi connectivity index (χ4n) is 3.17. The molecule has 16 heavy (non-hydrogen) atoms. The van der Waals surface area contributed by atoms with Gasteiger partial charge in [-0.05, 0) is 35.2 Å². The summed E-state index contributed by atoms with van der Waals surface area (Å²) in [6, 6.07) is 2.67. The van der Waals surface area contributed by atoms with Crippen molar-refractivity contribution in [3.8, 4) is 0 Å². The van der Waals surface area contributed by atoms with Gasteiger partial charge in [0.05, 0.1) is 18.2 Å². The van der Waals surface area contributed by atoms with Crippen LogP contribution in [0.4, 0.5) is 0 Å². The molecule has 1 aliphatic carbocycles. The van der Waals surface area contributed by atoms with Gasteiger partial charge in [-0.1, -0.05) is 19.3 Å². The number of rotatable bonds is 1. The highest BCUT2D eigenvalue weighted by molar-refractivity contribution is 7.07. The first-order chi connectivity index (χ1) is 7.91. The summed E-state index contributed by atoms with van der Waals surface area (Å²) in [6.07, 6.45) is 6.47. The van der Waals surface area contributed by atoms with Crippen molar-refractivity contribution in [1.82, 2.24) is 5.32 Å². The molecule has 1 N–H and O–H groups in total. The molecule has 1 aliphatic heterocycles. The molecule has 0 radical (unpaired) electrons. The molecule has 1 atom stereocenters. The van der Waals surface area contributed by atoms with Crippen molar-refractivity contribution in [2.24, 2.45) is 0 Å². The van der Waals surface area contributed by atoms with Gasteiger partial charge in [0.1, 0.15) is 0 Å². The van der Waals surface area contributed by atoms with Crippen LogP contribution in [-0.2, 0) is 4.74 Å². The number of morpholine rings is 1. The molecular formula is C13H19NOS. The van der Waals surface area contributed by atoms with E-state index in [-0.39, 0.29) is 5.60 Å². The number of hydrogen-bond donors (Lipinski definition) is 1. The second-order valence-electron chi connectivity index (χ2n) is 4.92. The number of thiophene rings is 1. The topological polar surface area (TPSA) is 21.3 Å². The van der Waals surface area contributed by atoms with Crippen molar-refractivity contribution in [2.75, 3.05) is 13.2 Å². The van der Waals surface area contributed by atoms with E-state index in [4.69, 9.17) is 4.74 Å². The highest BCUT2D eigenvalue weighted by atomic mass is 32.1. The van der Waals surface area contributed by atoms with Crippen LogP contribution in [0, 0.1) is 0 Å². The maximum absolute atomic E-state index is 6.18. The highest BCUT2D eigenvalue weighted by Crippen LogP contribution is 2.43. The molecule has 2 aliphatic rings. The maximum Gasteiger partial charge on any atom is 0.0877 e. The minimum atomic E-state index is 0.0948. The Morgan fingerprint density at radius 1 is 1.31 bits per heavy atom. The Bertz CT molecular complexity index is 321. The minimum Gasteiger partial charge on any atom is -0.372 e. The van der Waals surface area contributed by atoms with Gasteiger partial charge in [-0.2, -0.15) is 11.3 Å². The fourth-order valence-corrected chi connectivity index (χ4v) is 3.86. The Morgan fingerprint density at radius 3 is 2.94 bits per heavy atom. The Hall–Kier alpha value is -0.380. The third kappa shape index (κ3) is 1.81. The lowest BCUT2D eigenvalue weighted by Gasteiger charge is -2.46. The van der Waals surface area contributed by atoms with E-state index < -0.39 is 0 Å². The molecule has 2 heterocycles. The van der Waals surface area contributed by atoms with Crippen LogP contribution in [0.2, 0.25) is 0 Å². The summed E-state index contributed by atoms with van der Waals surface area (Å²) in [4.78, 5) is 0. The molecule has 3 heteroatoms. The summed E-state index contributed by atoms with van der Waals surface area (Å²) >= 11 is 1.79. The summed E-state index contributed by atoms with van der Waals surface area (Å²) in [5.41, 5.74) is 1.52. The Labute approximate surface area is 101 Å². The van der Waals surface area contributed by atoms with E-state index in [0.29, 0.717) is 6.04 Å². The quantitative estimate of drug-likeness (QED) is 0.810. The first kappa shape index (κ1) is 10.8. The van der Waals surface area contributed by atoms with Crippen LogP contribution in [0.3, 0.4) is 0 Å². The summed E-state index contributed by atoms with van der Waals surface area (Å²) in [7, 11) is 0. The number of nitrogens with one attached hydrogen (secondary N) is 1. The molecule has 1 saturated carbocycles. The molecular weight excluding hydrogens is 218 g/mol. The standard InChI is InChI=1S/C13H19NOS/c1-2-5-13(6-3-1)12(14-7-8-15-13)11-4-9-16-10-11/h4,9-10,12,14H,1-3,5-8H2.